The lowest BCUT2D eigenvalue weighted by atomic mass is 10.2. The number of pyridine rings is 1. The molecule has 2 aromatic rings. The van der Waals surface area contributed by atoms with E-state index in [1.807, 2.05) is 0 Å². The van der Waals surface area contributed by atoms with Crippen LogP contribution >= 0.6 is 0 Å². The van der Waals surface area contributed by atoms with Gasteiger partial charge < -0.3 is 10.4 Å². The minimum Gasteiger partial charge on any atom is -0.481 e. The fourth-order valence-corrected chi connectivity index (χ4v) is 1.88. The molecule has 0 atom stereocenters. The van der Waals surface area contributed by atoms with Crippen LogP contribution in [-0.4, -0.2) is 32.9 Å². The second-order valence-electron chi connectivity index (χ2n) is 4.51. The Kier molecular flexibility index (Phi) is 4.65. The highest BCUT2D eigenvalue weighted by Crippen LogP contribution is 1.98. The van der Waals surface area contributed by atoms with Crippen molar-refractivity contribution in [1.82, 2.24) is 14.7 Å². The molecule has 0 aliphatic carbocycles. The number of hydrogen-bond acceptors (Lipinski definition) is 4. The Hall–Kier alpha value is -2.70. The van der Waals surface area contributed by atoms with Gasteiger partial charge in [-0.15, -0.1) is 0 Å². The van der Waals surface area contributed by atoms with Gasteiger partial charge in [0.1, 0.15) is 11.2 Å². The van der Waals surface area contributed by atoms with Gasteiger partial charge in [-0.2, -0.15) is 0 Å². The van der Waals surface area contributed by atoms with E-state index in [2.05, 4.69) is 10.3 Å². The average Bonchev–Trinajstić information content (AvgIpc) is 2.47. The number of carbonyl (C=O) groups excluding carboxylic acids is 1. The molecule has 1 amide bonds. The molecule has 21 heavy (non-hydrogen) atoms. The third-order valence-corrected chi connectivity index (χ3v) is 2.96. The number of nitrogens with zero attached hydrogens (tertiary/aromatic N) is 2. The topological polar surface area (TPSA) is 101 Å². The number of carbonyl (C=O) groups is 2. The number of fused-ring (bicyclic) bond motifs is 1. The summed E-state index contributed by atoms with van der Waals surface area (Å²) in [5.41, 5.74) is 0.0149. The summed E-state index contributed by atoms with van der Waals surface area (Å²) >= 11 is 0. The maximum Gasteiger partial charge on any atom is 0.303 e. The van der Waals surface area contributed by atoms with Crippen LogP contribution in [0.1, 0.15) is 29.6 Å². The lowest BCUT2D eigenvalue weighted by Crippen LogP contribution is -2.32. The Morgan fingerprint density at radius 1 is 1.29 bits per heavy atom. The van der Waals surface area contributed by atoms with Gasteiger partial charge in [-0.1, -0.05) is 6.07 Å². The first-order valence-corrected chi connectivity index (χ1v) is 6.56. The van der Waals surface area contributed by atoms with Gasteiger partial charge in [0, 0.05) is 25.4 Å². The van der Waals surface area contributed by atoms with Crippen molar-refractivity contribution in [3.8, 4) is 0 Å². The maximum atomic E-state index is 12.1. The zero-order chi connectivity index (χ0) is 15.2. The van der Waals surface area contributed by atoms with Crippen LogP contribution in [0.4, 0.5) is 0 Å². The van der Waals surface area contributed by atoms with Crippen molar-refractivity contribution in [3.05, 3.63) is 46.5 Å². The Morgan fingerprint density at radius 2 is 2.10 bits per heavy atom. The fourth-order valence-electron chi connectivity index (χ4n) is 1.88. The van der Waals surface area contributed by atoms with E-state index in [0.29, 0.717) is 25.0 Å². The number of rotatable bonds is 6. The largest absolute Gasteiger partial charge is 0.481 e. The van der Waals surface area contributed by atoms with E-state index in [1.54, 1.807) is 24.4 Å². The zero-order valence-corrected chi connectivity index (χ0v) is 11.3. The van der Waals surface area contributed by atoms with Gasteiger partial charge in [0.2, 0.25) is 0 Å². The van der Waals surface area contributed by atoms with Gasteiger partial charge >= 0.3 is 5.97 Å². The quantitative estimate of drug-likeness (QED) is 0.761. The van der Waals surface area contributed by atoms with Crippen molar-refractivity contribution < 1.29 is 14.7 Å². The van der Waals surface area contributed by atoms with E-state index in [0.717, 1.165) is 0 Å². The number of nitrogens with one attached hydrogen (secondary N) is 1. The van der Waals surface area contributed by atoms with Crippen molar-refractivity contribution >= 4 is 17.5 Å². The van der Waals surface area contributed by atoms with E-state index in [4.69, 9.17) is 5.11 Å². The number of carboxylic acids is 1. The summed E-state index contributed by atoms with van der Waals surface area (Å²) in [5, 5.41) is 11.1. The summed E-state index contributed by atoms with van der Waals surface area (Å²) in [6.45, 7) is 0.322. The van der Waals surface area contributed by atoms with Crippen LogP contribution in [0.25, 0.3) is 5.65 Å². The lowest BCUT2D eigenvalue weighted by molar-refractivity contribution is -0.137. The third-order valence-electron chi connectivity index (χ3n) is 2.96. The maximum absolute atomic E-state index is 12.1. The zero-order valence-electron chi connectivity index (χ0n) is 11.3. The number of carboxylic acid groups (broad SMARTS) is 1. The minimum atomic E-state index is -0.863. The van der Waals surface area contributed by atoms with Gasteiger partial charge in [-0.3, -0.25) is 18.8 Å². The second-order valence-corrected chi connectivity index (χ2v) is 4.51. The van der Waals surface area contributed by atoms with Gasteiger partial charge in [-0.05, 0) is 25.0 Å². The molecule has 0 spiro atoms. The summed E-state index contributed by atoms with van der Waals surface area (Å²) in [4.78, 5) is 38.5. The molecule has 0 radical (unpaired) electrons. The molecule has 7 nitrogen and oxygen atoms in total. The molecular formula is C14H15N3O4. The summed E-state index contributed by atoms with van der Waals surface area (Å²) < 4.78 is 1.30. The Balaban J connectivity index is 2.01. The molecule has 0 unspecified atom stereocenters. The molecule has 2 heterocycles. The Morgan fingerprint density at radius 3 is 2.86 bits per heavy atom. The van der Waals surface area contributed by atoms with Crippen LogP contribution in [-0.2, 0) is 4.79 Å². The van der Waals surface area contributed by atoms with Crippen molar-refractivity contribution in [2.75, 3.05) is 6.54 Å². The van der Waals surface area contributed by atoms with Gasteiger partial charge in [-0.25, -0.2) is 4.98 Å². The van der Waals surface area contributed by atoms with E-state index in [9.17, 15) is 14.4 Å². The molecule has 0 fully saturated rings. The second kappa shape index (κ2) is 6.65. The molecule has 2 aromatic heterocycles. The molecule has 2 rings (SSSR count). The van der Waals surface area contributed by atoms with Crippen LogP contribution in [0, 0.1) is 0 Å². The average molecular weight is 289 g/mol. The van der Waals surface area contributed by atoms with Crippen molar-refractivity contribution in [1.29, 1.82) is 0 Å². The van der Waals surface area contributed by atoms with Crippen molar-refractivity contribution in [2.24, 2.45) is 0 Å². The van der Waals surface area contributed by atoms with E-state index < -0.39 is 17.4 Å². The van der Waals surface area contributed by atoms with Crippen molar-refractivity contribution in [2.45, 2.75) is 19.3 Å². The molecule has 0 saturated carbocycles. The molecule has 0 saturated heterocycles. The Bertz CT molecular complexity index is 723. The summed E-state index contributed by atoms with van der Waals surface area (Å²) in [6.07, 6.45) is 3.89. The van der Waals surface area contributed by atoms with Gasteiger partial charge in [0.15, 0.2) is 0 Å². The highest BCUT2D eigenvalue weighted by Gasteiger charge is 2.12. The first kappa shape index (κ1) is 14.7. The van der Waals surface area contributed by atoms with Crippen LogP contribution in [0.3, 0.4) is 0 Å². The van der Waals surface area contributed by atoms with E-state index in [-0.39, 0.29) is 12.0 Å². The smallest absolute Gasteiger partial charge is 0.303 e. The molecule has 0 aliphatic heterocycles. The Labute approximate surface area is 120 Å². The van der Waals surface area contributed by atoms with Gasteiger partial charge in [0.05, 0.1) is 0 Å². The normalized spacial score (nSPS) is 10.5. The highest BCUT2D eigenvalue weighted by atomic mass is 16.4. The molecular weight excluding hydrogens is 274 g/mol. The molecule has 110 valence electrons. The predicted octanol–water partition coefficient (Wildman–Crippen LogP) is 0.679. The van der Waals surface area contributed by atoms with Gasteiger partial charge in [0.25, 0.3) is 11.5 Å². The predicted molar refractivity (Wildman–Crippen MR) is 75.3 cm³/mol. The monoisotopic (exact) mass is 289 g/mol. The van der Waals surface area contributed by atoms with Crippen LogP contribution in [0.2, 0.25) is 0 Å². The summed E-state index contributed by atoms with van der Waals surface area (Å²) in [6, 6.07) is 5.11. The molecule has 0 bridgehead atoms. The van der Waals surface area contributed by atoms with Crippen molar-refractivity contribution in [3.63, 3.8) is 0 Å². The number of aromatic nitrogens is 2. The summed E-state index contributed by atoms with van der Waals surface area (Å²) in [5.74, 6) is -1.36. The minimum absolute atomic E-state index is 0.0306. The van der Waals surface area contributed by atoms with E-state index >= 15 is 0 Å². The van der Waals surface area contributed by atoms with Crippen LogP contribution < -0.4 is 10.9 Å². The molecule has 2 N–H and O–H groups in total. The first-order chi connectivity index (χ1) is 10.1. The number of unbranched alkanes of at least 4 members (excludes halogenated alkanes) is 1. The number of hydrogen-bond donors (Lipinski definition) is 2. The molecule has 0 aromatic carbocycles. The first-order valence-electron chi connectivity index (χ1n) is 6.56. The van der Waals surface area contributed by atoms with E-state index in [1.165, 1.54) is 10.6 Å². The van der Waals surface area contributed by atoms with Crippen LogP contribution in [0.15, 0.2) is 35.4 Å². The number of aliphatic carboxylic acids is 1. The molecule has 0 aliphatic rings. The van der Waals surface area contributed by atoms with Crippen LogP contribution in [0.5, 0.6) is 0 Å². The lowest BCUT2D eigenvalue weighted by Gasteiger charge is -2.05. The number of amides is 1. The highest BCUT2D eigenvalue weighted by molar-refractivity contribution is 5.93. The summed E-state index contributed by atoms with van der Waals surface area (Å²) in [7, 11) is 0. The third kappa shape index (κ3) is 3.65. The molecule has 7 heteroatoms. The SMILES string of the molecule is O=C(O)CCCCNC(=O)c1cnc2ccccn2c1=O. The standard InChI is InChI=1S/C14H15N3O4/c18-12(19)6-1-3-7-15-13(20)10-9-16-11-5-2-4-8-17(11)14(10)21/h2,4-5,8-9H,1,3,6-7H2,(H,15,20)(H,18,19). The fraction of sp³-hybridized carbons (Fsp3) is 0.286.